The predicted molar refractivity (Wildman–Crippen MR) is 113 cm³/mol. The third-order valence-corrected chi connectivity index (χ3v) is 5.49. The van der Waals surface area contributed by atoms with Gasteiger partial charge in [-0.3, -0.25) is 4.99 Å². The Morgan fingerprint density at radius 1 is 1.24 bits per heavy atom. The van der Waals surface area contributed by atoms with Gasteiger partial charge in [0.2, 0.25) is 10.0 Å². The highest BCUT2D eigenvalue weighted by molar-refractivity contribution is 14.0. The van der Waals surface area contributed by atoms with Crippen molar-refractivity contribution in [3.63, 3.8) is 0 Å². The smallest absolute Gasteiger partial charge is 0.213 e. The fourth-order valence-corrected chi connectivity index (χ4v) is 2.87. The number of sulfonamides is 1. The zero-order valence-corrected chi connectivity index (χ0v) is 18.4. The van der Waals surface area contributed by atoms with Crippen LogP contribution >= 0.6 is 24.0 Å². The molecule has 1 aromatic carbocycles. The highest BCUT2D eigenvalue weighted by atomic mass is 127. The van der Waals surface area contributed by atoms with Crippen LogP contribution in [-0.2, 0) is 16.6 Å². The SMILES string of the molecule is CCS(=O)(=O)N(C)CCCNC(=NC)NCc1ccc(OC)cc1.I. The van der Waals surface area contributed by atoms with Gasteiger partial charge in [0.1, 0.15) is 5.75 Å². The zero-order valence-electron chi connectivity index (χ0n) is 15.3. The van der Waals surface area contributed by atoms with Crippen LogP contribution in [0.3, 0.4) is 0 Å². The molecular weight excluding hydrogens is 455 g/mol. The van der Waals surface area contributed by atoms with E-state index in [-0.39, 0.29) is 29.7 Å². The lowest BCUT2D eigenvalue weighted by Gasteiger charge is -2.17. The third-order valence-electron chi connectivity index (χ3n) is 3.62. The molecule has 0 unspecified atom stereocenters. The third kappa shape index (κ3) is 8.73. The summed E-state index contributed by atoms with van der Waals surface area (Å²) >= 11 is 0. The molecule has 1 rings (SSSR count). The summed E-state index contributed by atoms with van der Waals surface area (Å²) in [6.45, 7) is 3.42. The van der Waals surface area contributed by atoms with Gasteiger partial charge >= 0.3 is 0 Å². The summed E-state index contributed by atoms with van der Waals surface area (Å²) in [5, 5.41) is 6.40. The van der Waals surface area contributed by atoms with E-state index in [1.165, 1.54) is 4.31 Å². The first kappa shape index (κ1) is 23.9. The lowest BCUT2D eigenvalue weighted by molar-refractivity contribution is 0.414. The second kappa shape index (κ2) is 12.3. The molecule has 144 valence electrons. The zero-order chi connectivity index (χ0) is 18.0. The van der Waals surface area contributed by atoms with Crippen LogP contribution in [0.5, 0.6) is 5.75 Å². The van der Waals surface area contributed by atoms with E-state index in [0.29, 0.717) is 32.0 Å². The molecule has 0 aliphatic carbocycles. The van der Waals surface area contributed by atoms with Crippen molar-refractivity contribution in [2.75, 3.05) is 40.0 Å². The van der Waals surface area contributed by atoms with Crippen LogP contribution in [0, 0.1) is 0 Å². The van der Waals surface area contributed by atoms with Crippen molar-refractivity contribution in [3.05, 3.63) is 29.8 Å². The number of nitrogens with zero attached hydrogens (tertiary/aromatic N) is 2. The number of benzene rings is 1. The molecular formula is C16H29IN4O3S. The number of methoxy groups -OCH3 is 1. The summed E-state index contributed by atoms with van der Waals surface area (Å²) < 4.78 is 29.8. The standard InChI is InChI=1S/C16H28N4O3S.HI/c1-5-24(21,22)20(3)12-6-11-18-16(17-2)19-13-14-7-9-15(23-4)10-8-14;/h7-10H,5-6,11-13H2,1-4H3,(H2,17,18,19);1H. The normalized spacial score (nSPS) is 11.8. The van der Waals surface area contributed by atoms with E-state index in [1.807, 2.05) is 24.3 Å². The molecule has 0 radical (unpaired) electrons. The molecule has 0 aliphatic heterocycles. The molecule has 0 heterocycles. The minimum absolute atomic E-state index is 0. The van der Waals surface area contributed by atoms with Crippen molar-refractivity contribution in [3.8, 4) is 5.75 Å². The molecule has 0 amide bonds. The van der Waals surface area contributed by atoms with Crippen LogP contribution in [0.4, 0.5) is 0 Å². The lowest BCUT2D eigenvalue weighted by Crippen LogP contribution is -2.38. The van der Waals surface area contributed by atoms with Crippen molar-refractivity contribution in [1.29, 1.82) is 0 Å². The summed E-state index contributed by atoms with van der Waals surface area (Å²) in [5.41, 5.74) is 1.12. The molecule has 25 heavy (non-hydrogen) atoms. The minimum atomic E-state index is -3.11. The van der Waals surface area contributed by atoms with Gasteiger partial charge < -0.3 is 15.4 Å². The number of guanidine groups is 1. The van der Waals surface area contributed by atoms with Crippen LogP contribution in [0.25, 0.3) is 0 Å². The van der Waals surface area contributed by atoms with E-state index >= 15 is 0 Å². The molecule has 0 aromatic heterocycles. The molecule has 0 bridgehead atoms. The number of hydrogen-bond donors (Lipinski definition) is 2. The number of aliphatic imine (C=N–C) groups is 1. The number of hydrogen-bond acceptors (Lipinski definition) is 4. The maximum atomic E-state index is 11.6. The van der Waals surface area contributed by atoms with E-state index in [0.717, 1.165) is 11.3 Å². The monoisotopic (exact) mass is 484 g/mol. The Labute approximate surface area is 168 Å². The van der Waals surface area contributed by atoms with Gasteiger partial charge in [-0.25, -0.2) is 12.7 Å². The Morgan fingerprint density at radius 2 is 1.88 bits per heavy atom. The average molecular weight is 484 g/mol. The molecule has 0 fully saturated rings. The van der Waals surface area contributed by atoms with E-state index in [9.17, 15) is 8.42 Å². The van der Waals surface area contributed by atoms with E-state index < -0.39 is 10.0 Å². The summed E-state index contributed by atoms with van der Waals surface area (Å²) in [4.78, 5) is 4.16. The van der Waals surface area contributed by atoms with Crippen molar-refractivity contribution >= 4 is 40.0 Å². The molecule has 0 aliphatic rings. The largest absolute Gasteiger partial charge is 0.497 e. The van der Waals surface area contributed by atoms with Gasteiger partial charge in [0.15, 0.2) is 5.96 Å². The van der Waals surface area contributed by atoms with Gasteiger partial charge in [-0.1, -0.05) is 12.1 Å². The molecule has 1 aromatic rings. The van der Waals surface area contributed by atoms with Gasteiger partial charge in [0.25, 0.3) is 0 Å². The fourth-order valence-electron chi connectivity index (χ4n) is 2.02. The summed E-state index contributed by atoms with van der Waals surface area (Å²) in [7, 11) is 1.85. The van der Waals surface area contributed by atoms with Crippen molar-refractivity contribution < 1.29 is 13.2 Å². The Kier molecular flexibility index (Phi) is 11.8. The summed E-state index contributed by atoms with van der Waals surface area (Å²) in [5.74, 6) is 1.64. The van der Waals surface area contributed by atoms with Gasteiger partial charge in [-0.2, -0.15) is 0 Å². The Morgan fingerprint density at radius 3 is 2.40 bits per heavy atom. The number of ether oxygens (including phenoxy) is 1. The molecule has 0 saturated heterocycles. The lowest BCUT2D eigenvalue weighted by atomic mass is 10.2. The van der Waals surface area contributed by atoms with Crippen molar-refractivity contribution in [2.45, 2.75) is 19.9 Å². The molecule has 9 heteroatoms. The Bertz CT molecular complexity index is 621. The first-order chi connectivity index (χ1) is 11.4. The van der Waals surface area contributed by atoms with Crippen LogP contribution in [0.2, 0.25) is 0 Å². The maximum Gasteiger partial charge on any atom is 0.213 e. The Balaban J connectivity index is 0.00000576. The topological polar surface area (TPSA) is 83.0 Å². The molecule has 0 saturated carbocycles. The summed E-state index contributed by atoms with van der Waals surface area (Å²) in [6, 6.07) is 7.81. The number of halogens is 1. The second-order valence-electron chi connectivity index (χ2n) is 5.28. The van der Waals surface area contributed by atoms with E-state index in [4.69, 9.17) is 4.74 Å². The quantitative estimate of drug-likeness (QED) is 0.241. The Hall–Kier alpha value is -1.07. The number of rotatable bonds is 9. The first-order valence-electron chi connectivity index (χ1n) is 7.94. The van der Waals surface area contributed by atoms with Gasteiger partial charge in [0, 0.05) is 33.7 Å². The van der Waals surface area contributed by atoms with Gasteiger partial charge in [-0.15, -0.1) is 24.0 Å². The van der Waals surface area contributed by atoms with Crippen LogP contribution in [0.1, 0.15) is 18.9 Å². The molecule has 0 atom stereocenters. The minimum Gasteiger partial charge on any atom is -0.497 e. The molecule has 7 nitrogen and oxygen atoms in total. The second-order valence-corrected chi connectivity index (χ2v) is 7.64. The van der Waals surface area contributed by atoms with Crippen molar-refractivity contribution in [2.24, 2.45) is 4.99 Å². The van der Waals surface area contributed by atoms with Crippen LogP contribution in [-0.4, -0.2) is 58.7 Å². The van der Waals surface area contributed by atoms with Crippen molar-refractivity contribution in [1.82, 2.24) is 14.9 Å². The highest BCUT2D eigenvalue weighted by Crippen LogP contribution is 2.10. The maximum absolute atomic E-state index is 11.6. The van der Waals surface area contributed by atoms with Gasteiger partial charge in [-0.05, 0) is 31.0 Å². The number of nitrogens with one attached hydrogen (secondary N) is 2. The van der Waals surface area contributed by atoms with Gasteiger partial charge in [0.05, 0.1) is 12.9 Å². The average Bonchev–Trinajstić information content (AvgIpc) is 2.61. The van der Waals surface area contributed by atoms with E-state index in [2.05, 4.69) is 15.6 Å². The van der Waals surface area contributed by atoms with Crippen LogP contribution in [0.15, 0.2) is 29.3 Å². The first-order valence-corrected chi connectivity index (χ1v) is 9.55. The summed E-state index contributed by atoms with van der Waals surface area (Å²) in [6.07, 6.45) is 0.707. The highest BCUT2D eigenvalue weighted by Gasteiger charge is 2.13. The molecule has 2 N–H and O–H groups in total. The van der Waals surface area contributed by atoms with E-state index in [1.54, 1.807) is 28.1 Å². The fraction of sp³-hybridized carbons (Fsp3) is 0.562. The predicted octanol–water partition coefficient (Wildman–Crippen LogP) is 1.65. The van der Waals surface area contributed by atoms with Crippen LogP contribution < -0.4 is 15.4 Å². The molecule has 0 spiro atoms.